The van der Waals surface area contributed by atoms with Crippen LogP contribution in [0.15, 0.2) is 72.8 Å². The van der Waals surface area contributed by atoms with Gasteiger partial charge in [-0.05, 0) is 23.6 Å². The number of carbonyl (C=O) groups is 1. The third kappa shape index (κ3) is 2.89. The first kappa shape index (κ1) is 15.5. The van der Waals surface area contributed by atoms with Crippen LogP contribution < -0.4 is 0 Å². The first-order valence-electron chi connectivity index (χ1n) is 8.48. The molecular formula is C22H19NO2. The predicted molar refractivity (Wildman–Crippen MR) is 101 cm³/mol. The van der Waals surface area contributed by atoms with E-state index in [9.17, 15) is 9.90 Å². The number of aliphatic carboxylic acids is 1. The number of para-hydroxylation sites is 2. The number of benzene rings is 3. The van der Waals surface area contributed by atoms with E-state index in [4.69, 9.17) is 0 Å². The Kier molecular flexibility index (Phi) is 3.98. The monoisotopic (exact) mass is 329 g/mol. The number of rotatable bonds is 5. The Morgan fingerprint density at radius 1 is 0.840 bits per heavy atom. The quantitative estimate of drug-likeness (QED) is 0.578. The molecule has 0 spiro atoms. The van der Waals surface area contributed by atoms with Crippen molar-refractivity contribution in [3.63, 3.8) is 0 Å². The van der Waals surface area contributed by atoms with Crippen LogP contribution in [0.25, 0.3) is 21.8 Å². The second-order valence-corrected chi connectivity index (χ2v) is 6.29. The largest absolute Gasteiger partial charge is 0.481 e. The lowest BCUT2D eigenvalue weighted by Gasteiger charge is -2.10. The average Bonchev–Trinajstić information content (AvgIpc) is 2.95. The van der Waals surface area contributed by atoms with Crippen molar-refractivity contribution in [2.45, 2.75) is 19.4 Å². The van der Waals surface area contributed by atoms with Gasteiger partial charge in [0.05, 0.1) is 11.9 Å². The summed E-state index contributed by atoms with van der Waals surface area (Å²) < 4.78 is 2.27. The number of aryl methyl sites for hydroxylation is 2. The molecule has 1 N–H and O–H groups in total. The molecule has 0 aliphatic heterocycles. The summed E-state index contributed by atoms with van der Waals surface area (Å²) in [5.41, 5.74) is 4.35. The number of nitrogens with zero attached hydrogens (tertiary/aromatic N) is 1. The number of hydrogen-bond donors (Lipinski definition) is 1. The standard InChI is InChI=1S/C22H19NO2/c24-21(25)15-17-9-6-11-19-18-10-4-5-12-20(18)23(22(17)19)14-13-16-7-2-1-3-8-16/h1-12H,13-15H2,(H,24,25). The minimum absolute atomic E-state index is 0.0407. The van der Waals surface area contributed by atoms with E-state index in [1.807, 2.05) is 30.3 Å². The highest BCUT2D eigenvalue weighted by Gasteiger charge is 2.15. The maximum atomic E-state index is 11.3. The second kappa shape index (κ2) is 6.44. The van der Waals surface area contributed by atoms with Gasteiger partial charge in [0.2, 0.25) is 0 Å². The summed E-state index contributed by atoms with van der Waals surface area (Å²) in [6, 6.07) is 24.7. The highest BCUT2D eigenvalue weighted by Crippen LogP contribution is 2.31. The summed E-state index contributed by atoms with van der Waals surface area (Å²) in [6.45, 7) is 0.824. The van der Waals surface area contributed by atoms with Gasteiger partial charge in [-0.3, -0.25) is 4.79 Å². The number of carboxylic acids is 1. The summed E-state index contributed by atoms with van der Waals surface area (Å²) in [5.74, 6) is -0.799. The van der Waals surface area contributed by atoms with Crippen molar-refractivity contribution in [1.29, 1.82) is 0 Å². The molecule has 0 atom stereocenters. The minimum Gasteiger partial charge on any atom is -0.481 e. The molecule has 3 nitrogen and oxygen atoms in total. The van der Waals surface area contributed by atoms with Crippen LogP contribution in [0, 0.1) is 0 Å². The van der Waals surface area contributed by atoms with Gasteiger partial charge in [0.25, 0.3) is 0 Å². The molecule has 3 aromatic carbocycles. The van der Waals surface area contributed by atoms with Gasteiger partial charge < -0.3 is 9.67 Å². The molecule has 0 radical (unpaired) electrons. The number of carboxylic acid groups (broad SMARTS) is 1. The fourth-order valence-corrected chi connectivity index (χ4v) is 3.61. The molecule has 3 heteroatoms. The summed E-state index contributed by atoms with van der Waals surface area (Å²) in [6.07, 6.45) is 0.953. The first-order chi connectivity index (χ1) is 12.2. The molecule has 0 amide bonds. The lowest BCUT2D eigenvalue weighted by Crippen LogP contribution is -2.06. The second-order valence-electron chi connectivity index (χ2n) is 6.29. The van der Waals surface area contributed by atoms with Gasteiger partial charge in [-0.1, -0.05) is 66.7 Å². The van der Waals surface area contributed by atoms with Crippen LogP contribution in [0.3, 0.4) is 0 Å². The van der Waals surface area contributed by atoms with Crippen LogP contribution in [-0.4, -0.2) is 15.6 Å². The van der Waals surface area contributed by atoms with Crippen molar-refractivity contribution in [2.24, 2.45) is 0 Å². The summed E-state index contributed by atoms with van der Waals surface area (Å²) in [5, 5.41) is 11.6. The van der Waals surface area contributed by atoms with Gasteiger partial charge in [0, 0.05) is 22.8 Å². The first-order valence-corrected chi connectivity index (χ1v) is 8.48. The normalized spacial score (nSPS) is 11.2. The van der Waals surface area contributed by atoms with E-state index in [1.54, 1.807) is 0 Å². The van der Waals surface area contributed by atoms with E-state index < -0.39 is 5.97 Å². The smallest absolute Gasteiger partial charge is 0.307 e. The Hall–Kier alpha value is -3.07. The van der Waals surface area contributed by atoms with Crippen molar-refractivity contribution in [3.05, 3.63) is 83.9 Å². The molecule has 0 fully saturated rings. The van der Waals surface area contributed by atoms with Crippen molar-refractivity contribution in [2.75, 3.05) is 0 Å². The predicted octanol–water partition coefficient (Wildman–Crippen LogP) is 4.66. The van der Waals surface area contributed by atoms with E-state index in [2.05, 4.69) is 47.0 Å². The van der Waals surface area contributed by atoms with E-state index in [0.29, 0.717) is 0 Å². The Bertz CT molecular complexity index is 1050. The summed E-state index contributed by atoms with van der Waals surface area (Å²) in [4.78, 5) is 11.3. The molecule has 0 saturated carbocycles. The lowest BCUT2D eigenvalue weighted by atomic mass is 10.1. The van der Waals surface area contributed by atoms with Crippen LogP contribution in [0.1, 0.15) is 11.1 Å². The SMILES string of the molecule is O=C(O)Cc1cccc2c3ccccc3n(CCc3ccccc3)c12. The highest BCUT2D eigenvalue weighted by atomic mass is 16.4. The van der Waals surface area contributed by atoms with Crippen LogP contribution in [-0.2, 0) is 24.2 Å². The molecule has 1 aromatic heterocycles. The molecule has 1 heterocycles. The number of hydrogen-bond acceptors (Lipinski definition) is 1. The van der Waals surface area contributed by atoms with Crippen molar-refractivity contribution < 1.29 is 9.90 Å². The van der Waals surface area contributed by atoms with Crippen molar-refractivity contribution >= 4 is 27.8 Å². The van der Waals surface area contributed by atoms with E-state index in [-0.39, 0.29) is 6.42 Å². The fraction of sp³-hybridized carbons (Fsp3) is 0.136. The van der Waals surface area contributed by atoms with Gasteiger partial charge in [-0.25, -0.2) is 0 Å². The highest BCUT2D eigenvalue weighted by molar-refractivity contribution is 6.09. The van der Waals surface area contributed by atoms with Crippen LogP contribution in [0.4, 0.5) is 0 Å². The Morgan fingerprint density at radius 3 is 2.36 bits per heavy atom. The average molecular weight is 329 g/mol. The van der Waals surface area contributed by atoms with Crippen LogP contribution in [0.2, 0.25) is 0 Å². The van der Waals surface area contributed by atoms with E-state index in [1.165, 1.54) is 10.9 Å². The molecule has 25 heavy (non-hydrogen) atoms. The van der Waals surface area contributed by atoms with Gasteiger partial charge in [-0.2, -0.15) is 0 Å². The van der Waals surface area contributed by atoms with Gasteiger partial charge >= 0.3 is 5.97 Å². The Morgan fingerprint density at radius 2 is 1.56 bits per heavy atom. The lowest BCUT2D eigenvalue weighted by molar-refractivity contribution is -0.136. The van der Waals surface area contributed by atoms with Crippen molar-refractivity contribution in [3.8, 4) is 0 Å². The summed E-state index contributed by atoms with van der Waals surface area (Å²) >= 11 is 0. The van der Waals surface area contributed by atoms with E-state index in [0.717, 1.165) is 34.9 Å². The molecule has 0 unspecified atom stereocenters. The van der Waals surface area contributed by atoms with Crippen molar-refractivity contribution in [1.82, 2.24) is 4.57 Å². The Labute approximate surface area is 146 Å². The fourth-order valence-electron chi connectivity index (χ4n) is 3.61. The third-order valence-corrected chi connectivity index (χ3v) is 4.68. The topological polar surface area (TPSA) is 42.2 Å². The van der Waals surface area contributed by atoms with Gasteiger partial charge in [0.15, 0.2) is 0 Å². The molecule has 0 aliphatic carbocycles. The van der Waals surface area contributed by atoms with Gasteiger partial charge in [0.1, 0.15) is 0 Å². The maximum absolute atomic E-state index is 11.3. The van der Waals surface area contributed by atoms with Crippen LogP contribution >= 0.6 is 0 Å². The summed E-state index contributed by atoms with van der Waals surface area (Å²) in [7, 11) is 0. The molecule has 4 rings (SSSR count). The zero-order chi connectivity index (χ0) is 17.2. The maximum Gasteiger partial charge on any atom is 0.307 e. The molecule has 4 aromatic rings. The molecule has 0 bridgehead atoms. The minimum atomic E-state index is -0.799. The third-order valence-electron chi connectivity index (χ3n) is 4.68. The molecular weight excluding hydrogens is 310 g/mol. The number of fused-ring (bicyclic) bond motifs is 3. The zero-order valence-corrected chi connectivity index (χ0v) is 13.9. The number of aromatic nitrogens is 1. The molecule has 0 saturated heterocycles. The van der Waals surface area contributed by atoms with E-state index >= 15 is 0 Å². The Balaban J connectivity index is 1.88. The molecule has 0 aliphatic rings. The van der Waals surface area contributed by atoms with Gasteiger partial charge in [-0.15, -0.1) is 0 Å². The zero-order valence-electron chi connectivity index (χ0n) is 13.9. The molecule has 124 valence electrons. The van der Waals surface area contributed by atoms with Crippen LogP contribution in [0.5, 0.6) is 0 Å².